The number of pyridine rings is 1. The third kappa shape index (κ3) is 4.00. The van der Waals surface area contributed by atoms with Gasteiger partial charge < -0.3 is 10.6 Å². The van der Waals surface area contributed by atoms with Gasteiger partial charge in [-0.25, -0.2) is 9.97 Å². The number of anilines is 1. The summed E-state index contributed by atoms with van der Waals surface area (Å²) in [5.74, 6) is 2.12. The molecule has 0 aliphatic carbocycles. The maximum Gasteiger partial charge on any atom is 0.163 e. The van der Waals surface area contributed by atoms with Crippen molar-refractivity contribution in [3.8, 4) is 22.6 Å². The Bertz CT molecular complexity index is 861. The Morgan fingerprint density at radius 3 is 2.73 bits per heavy atom. The van der Waals surface area contributed by atoms with Gasteiger partial charge in [0.25, 0.3) is 0 Å². The van der Waals surface area contributed by atoms with Crippen LogP contribution in [0.2, 0.25) is 5.02 Å². The minimum atomic E-state index is 0.630. The molecule has 4 rings (SSSR count). The van der Waals surface area contributed by atoms with Crippen LogP contribution in [0.1, 0.15) is 6.42 Å². The van der Waals surface area contributed by atoms with Gasteiger partial charge in [-0.1, -0.05) is 23.7 Å². The summed E-state index contributed by atoms with van der Waals surface area (Å²) in [4.78, 5) is 13.6. The Hall–Kier alpha value is -2.50. The number of nitrogens with zero attached hydrogens (tertiary/aromatic N) is 3. The first-order valence-electron chi connectivity index (χ1n) is 8.78. The van der Waals surface area contributed by atoms with Gasteiger partial charge in [-0.3, -0.25) is 4.98 Å². The lowest BCUT2D eigenvalue weighted by molar-refractivity contribution is 0.614. The molecule has 132 valence electrons. The van der Waals surface area contributed by atoms with E-state index >= 15 is 0 Å². The predicted octanol–water partition coefficient (Wildman–Crippen LogP) is 3.88. The van der Waals surface area contributed by atoms with Gasteiger partial charge in [0.1, 0.15) is 5.82 Å². The molecule has 0 saturated carbocycles. The number of hydrogen-bond acceptors (Lipinski definition) is 5. The van der Waals surface area contributed by atoms with Crippen molar-refractivity contribution in [2.24, 2.45) is 5.92 Å². The second-order valence-corrected chi connectivity index (χ2v) is 6.89. The van der Waals surface area contributed by atoms with E-state index in [4.69, 9.17) is 21.6 Å². The minimum absolute atomic E-state index is 0.630. The fraction of sp³-hybridized carbons (Fsp3) is 0.250. The molecule has 1 fully saturated rings. The number of rotatable bonds is 5. The molecule has 3 aromatic rings. The average Bonchev–Trinajstić information content (AvgIpc) is 3.21. The van der Waals surface area contributed by atoms with Crippen LogP contribution in [0.5, 0.6) is 0 Å². The van der Waals surface area contributed by atoms with Crippen molar-refractivity contribution in [3.05, 3.63) is 59.9 Å². The van der Waals surface area contributed by atoms with Crippen molar-refractivity contribution in [3.63, 3.8) is 0 Å². The van der Waals surface area contributed by atoms with E-state index in [1.165, 1.54) is 6.42 Å². The summed E-state index contributed by atoms with van der Waals surface area (Å²) >= 11 is 6.02. The monoisotopic (exact) mass is 365 g/mol. The third-order valence-corrected chi connectivity index (χ3v) is 4.77. The van der Waals surface area contributed by atoms with Crippen LogP contribution in [0.3, 0.4) is 0 Å². The van der Waals surface area contributed by atoms with E-state index in [-0.39, 0.29) is 0 Å². The second-order valence-electron chi connectivity index (χ2n) is 6.45. The first-order valence-corrected chi connectivity index (χ1v) is 9.16. The Morgan fingerprint density at radius 2 is 2.00 bits per heavy atom. The van der Waals surface area contributed by atoms with E-state index in [0.717, 1.165) is 42.3 Å². The van der Waals surface area contributed by atoms with E-state index in [2.05, 4.69) is 15.6 Å². The van der Waals surface area contributed by atoms with Crippen molar-refractivity contribution < 1.29 is 0 Å². The van der Waals surface area contributed by atoms with Gasteiger partial charge in [0, 0.05) is 41.2 Å². The molecule has 1 unspecified atom stereocenters. The lowest BCUT2D eigenvalue weighted by atomic mass is 10.1. The molecule has 1 aliphatic rings. The van der Waals surface area contributed by atoms with Crippen molar-refractivity contribution >= 4 is 17.4 Å². The maximum atomic E-state index is 6.02. The zero-order valence-corrected chi connectivity index (χ0v) is 15.1. The van der Waals surface area contributed by atoms with Crippen LogP contribution >= 0.6 is 11.6 Å². The van der Waals surface area contributed by atoms with E-state index in [0.29, 0.717) is 16.8 Å². The van der Waals surface area contributed by atoms with Crippen LogP contribution in [0, 0.1) is 5.92 Å². The quantitative estimate of drug-likeness (QED) is 0.718. The molecule has 0 amide bonds. The van der Waals surface area contributed by atoms with Gasteiger partial charge >= 0.3 is 0 Å². The molecule has 2 N–H and O–H groups in total. The minimum Gasteiger partial charge on any atom is -0.370 e. The van der Waals surface area contributed by atoms with Crippen LogP contribution in [0.4, 0.5) is 5.82 Å². The maximum absolute atomic E-state index is 6.02. The molecule has 6 heteroatoms. The van der Waals surface area contributed by atoms with Gasteiger partial charge in [-0.2, -0.15) is 0 Å². The van der Waals surface area contributed by atoms with Crippen molar-refractivity contribution in [2.45, 2.75) is 6.42 Å². The smallest absolute Gasteiger partial charge is 0.163 e. The molecular weight excluding hydrogens is 346 g/mol. The number of halogens is 1. The normalized spacial score (nSPS) is 16.6. The molecule has 5 nitrogen and oxygen atoms in total. The highest BCUT2D eigenvalue weighted by atomic mass is 35.5. The van der Waals surface area contributed by atoms with E-state index < -0.39 is 0 Å². The Balaban J connectivity index is 1.67. The summed E-state index contributed by atoms with van der Waals surface area (Å²) in [6, 6.07) is 13.6. The predicted molar refractivity (Wildman–Crippen MR) is 105 cm³/mol. The molecule has 1 saturated heterocycles. The topological polar surface area (TPSA) is 62.7 Å². The first-order chi connectivity index (χ1) is 12.8. The van der Waals surface area contributed by atoms with Crippen LogP contribution < -0.4 is 10.6 Å². The summed E-state index contributed by atoms with van der Waals surface area (Å²) in [5.41, 5.74) is 2.77. The number of benzene rings is 1. The molecule has 0 radical (unpaired) electrons. The SMILES string of the molecule is Clc1ccc(-c2cc(NCC3CCNC3)nc(-c3cccnc3)n2)cc1. The highest BCUT2D eigenvalue weighted by molar-refractivity contribution is 6.30. The standard InChI is InChI=1S/C20H20ClN5/c21-17-5-3-15(4-6-17)18-10-19(24-12-14-7-9-23-11-14)26-20(25-18)16-2-1-8-22-13-16/h1-6,8,10,13-14,23H,7,9,11-12H2,(H,24,25,26). The number of aromatic nitrogens is 3. The van der Waals surface area contributed by atoms with Gasteiger partial charge in [-0.05, 0) is 49.7 Å². The van der Waals surface area contributed by atoms with Gasteiger partial charge in [0.05, 0.1) is 5.69 Å². The lowest BCUT2D eigenvalue weighted by Gasteiger charge is -2.13. The van der Waals surface area contributed by atoms with Gasteiger partial charge in [0.15, 0.2) is 5.82 Å². The zero-order valence-electron chi connectivity index (χ0n) is 14.3. The third-order valence-electron chi connectivity index (χ3n) is 4.52. The van der Waals surface area contributed by atoms with Crippen LogP contribution in [0.25, 0.3) is 22.6 Å². The number of hydrogen-bond donors (Lipinski definition) is 2. The van der Waals surface area contributed by atoms with E-state index in [1.54, 1.807) is 12.4 Å². The molecule has 0 spiro atoms. The highest BCUT2D eigenvalue weighted by Gasteiger charge is 2.15. The lowest BCUT2D eigenvalue weighted by Crippen LogP contribution is -2.18. The van der Waals surface area contributed by atoms with Gasteiger partial charge in [-0.15, -0.1) is 0 Å². The van der Waals surface area contributed by atoms with Crippen LogP contribution in [0.15, 0.2) is 54.9 Å². The molecule has 1 aliphatic heterocycles. The van der Waals surface area contributed by atoms with Gasteiger partial charge in [0.2, 0.25) is 0 Å². The fourth-order valence-corrected chi connectivity index (χ4v) is 3.19. The molecule has 1 atom stereocenters. The highest BCUT2D eigenvalue weighted by Crippen LogP contribution is 2.25. The molecule has 26 heavy (non-hydrogen) atoms. The molecule has 1 aromatic carbocycles. The molecule has 3 heterocycles. The largest absolute Gasteiger partial charge is 0.370 e. The average molecular weight is 366 g/mol. The zero-order chi connectivity index (χ0) is 17.8. The fourth-order valence-electron chi connectivity index (χ4n) is 3.07. The Morgan fingerprint density at radius 1 is 1.12 bits per heavy atom. The number of nitrogens with one attached hydrogen (secondary N) is 2. The summed E-state index contributed by atoms with van der Waals surface area (Å²) in [5, 5.41) is 7.59. The molecule has 2 aromatic heterocycles. The van der Waals surface area contributed by atoms with Crippen LogP contribution in [-0.2, 0) is 0 Å². The summed E-state index contributed by atoms with van der Waals surface area (Å²) in [6.07, 6.45) is 4.72. The van der Waals surface area contributed by atoms with Crippen LogP contribution in [-0.4, -0.2) is 34.6 Å². The second kappa shape index (κ2) is 7.81. The Kier molecular flexibility index (Phi) is 5.09. The first kappa shape index (κ1) is 16.9. The summed E-state index contributed by atoms with van der Waals surface area (Å²) in [7, 11) is 0. The van der Waals surface area contributed by atoms with Crippen molar-refractivity contribution in [1.29, 1.82) is 0 Å². The summed E-state index contributed by atoms with van der Waals surface area (Å²) in [6.45, 7) is 3.04. The molecule has 0 bridgehead atoms. The van der Waals surface area contributed by atoms with E-state index in [1.807, 2.05) is 42.5 Å². The van der Waals surface area contributed by atoms with E-state index in [9.17, 15) is 0 Å². The molecular formula is C20H20ClN5. The Labute approximate surface area is 157 Å². The van der Waals surface area contributed by atoms with Crippen molar-refractivity contribution in [1.82, 2.24) is 20.3 Å². The van der Waals surface area contributed by atoms with Crippen molar-refractivity contribution in [2.75, 3.05) is 25.0 Å². The summed E-state index contributed by atoms with van der Waals surface area (Å²) < 4.78 is 0.